The van der Waals surface area contributed by atoms with Crippen molar-refractivity contribution in [2.24, 2.45) is 7.05 Å². The van der Waals surface area contributed by atoms with E-state index in [1.54, 1.807) is 0 Å². The second kappa shape index (κ2) is 3.88. The molecule has 1 atom stereocenters. The highest BCUT2D eigenvalue weighted by atomic mass is 15.0. The van der Waals surface area contributed by atoms with E-state index in [0.29, 0.717) is 6.04 Å². The third-order valence-electron chi connectivity index (χ3n) is 4.04. The van der Waals surface area contributed by atoms with Gasteiger partial charge < -0.3 is 9.88 Å². The summed E-state index contributed by atoms with van der Waals surface area (Å²) in [5, 5.41) is 5.01. The number of nitrogens with one attached hydrogen (secondary N) is 1. The lowest BCUT2D eigenvalue weighted by Crippen LogP contribution is -2.33. The highest BCUT2D eigenvalue weighted by molar-refractivity contribution is 5.86. The summed E-state index contributed by atoms with van der Waals surface area (Å²) in [6, 6.07) is 7.49. The van der Waals surface area contributed by atoms with Gasteiger partial charge in [0.05, 0.1) is 0 Å². The Morgan fingerprint density at radius 1 is 1.41 bits per heavy atom. The van der Waals surface area contributed by atoms with Crippen LogP contribution in [-0.2, 0) is 26.4 Å². The van der Waals surface area contributed by atoms with Gasteiger partial charge in [-0.1, -0.05) is 13.0 Å². The highest BCUT2D eigenvalue weighted by Crippen LogP contribution is 2.29. The third kappa shape index (κ3) is 1.59. The van der Waals surface area contributed by atoms with Gasteiger partial charge in [0.25, 0.3) is 0 Å². The van der Waals surface area contributed by atoms with Gasteiger partial charge in [-0.2, -0.15) is 0 Å². The van der Waals surface area contributed by atoms with E-state index in [0.717, 1.165) is 19.4 Å². The Morgan fingerprint density at radius 2 is 2.24 bits per heavy atom. The first-order valence-corrected chi connectivity index (χ1v) is 6.53. The lowest BCUT2D eigenvalue weighted by atomic mass is 10.0. The molecule has 0 spiro atoms. The SMILES string of the molecule is CCc1ccc2c(c1)c1c(n2C)CC(C)NC1. The van der Waals surface area contributed by atoms with Gasteiger partial charge >= 0.3 is 0 Å². The zero-order chi connectivity index (χ0) is 12.0. The van der Waals surface area contributed by atoms with E-state index < -0.39 is 0 Å². The van der Waals surface area contributed by atoms with Crippen LogP contribution >= 0.6 is 0 Å². The van der Waals surface area contributed by atoms with Crippen molar-refractivity contribution in [2.75, 3.05) is 0 Å². The molecule has 3 rings (SSSR count). The molecular formula is C15H20N2. The van der Waals surface area contributed by atoms with Crippen LogP contribution in [0.25, 0.3) is 10.9 Å². The van der Waals surface area contributed by atoms with Gasteiger partial charge in [0.2, 0.25) is 0 Å². The number of fused-ring (bicyclic) bond motifs is 3. The molecule has 2 nitrogen and oxygen atoms in total. The zero-order valence-corrected chi connectivity index (χ0v) is 10.9. The Balaban J connectivity index is 2.26. The molecule has 1 aromatic heterocycles. The average molecular weight is 228 g/mol. The van der Waals surface area contributed by atoms with Crippen LogP contribution in [0.1, 0.15) is 30.7 Å². The lowest BCUT2D eigenvalue weighted by Gasteiger charge is -2.21. The van der Waals surface area contributed by atoms with Gasteiger partial charge in [-0.05, 0) is 36.6 Å². The fourth-order valence-corrected chi connectivity index (χ4v) is 2.94. The first-order chi connectivity index (χ1) is 8.20. The number of aromatic nitrogens is 1. The molecule has 0 aliphatic carbocycles. The minimum absolute atomic E-state index is 0.594. The van der Waals surface area contributed by atoms with Crippen LogP contribution in [-0.4, -0.2) is 10.6 Å². The molecule has 0 saturated heterocycles. The Bertz CT molecular complexity index is 566. The smallest absolute Gasteiger partial charge is 0.0483 e. The summed E-state index contributed by atoms with van der Waals surface area (Å²) in [4.78, 5) is 0. The molecule has 1 aromatic carbocycles. The number of hydrogen-bond acceptors (Lipinski definition) is 1. The maximum absolute atomic E-state index is 3.57. The molecule has 1 aliphatic rings. The normalized spacial score (nSPS) is 19.6. The van der Waals surface area contributed by atoms with Crippen LogP contribution in [0.2, 0.25) is 0 Å². The molecule has 0 bridgehead atoms. The van der Waals surface area contributed by atoms with E-state index >= 15 is 0 Å². The first kappa shape index (κ1) is 10.8. The van der Waals surface area contributed by atoms with Crippen molar-refractivity contribution in [1.29, 1.82) is 0 Å². The molecule has 90 valence electrons. The van der Waals surface area contributed by atoms with Crippen LogP contribution in [0.5, 0.6) is 0 Å². The Hall–Kier alpha value is -1.28. The Morgan fingerprint density at radius 3 is 3.00 bits per heavy atom. The van der Waals surface area contributed by atoms with Crippen molar-refractivity contribution in [1.82, 2.24) is 9.88 Å². The highest BCUT2D eigenvalue weighted by Gasteiger charge is 2.21. The molecule has 17 heavy (non-hydrogen) atoms. The second-order valence-electron chi connectivity index (χ2n) is 5.18. The molecule has 1 N–H and O–H groups in total. The Kier molecular flexibility index (Phi) is 2.48. The van der Waals surface area contributed by atoms with Gasteiger partial charge in [0.1, 0.15) is 0 Å². The number of aryl methyl sites for hydroxylation is 2. The van der Waals surface area contributed by atoms with E-state index in [1.807, 2.05) is 0 Å². The minimum atomic E-state index is 0.594. The summed E-state index contributed by atoms with van der Waals surface area (Å²) in [5.74, 6) is 0. The van der Waals surface area contributed by atoms with E-state index in [-0.39, 0.29) is 0 Å². The molecule has 2 heterocycles. The van der Waals surface area contributed by atoms with E-state index in [9.17, 15) is 0 Å². The predicted molar refractivity (Wildman–Crippen MR) is 72.3 cm³/mol. The summed E-state index contributed by atoms with van der Waals surface area (Å²) in [6.45, 7) is 5.50. The summed E-state index contributed by atoms with van der Waals surface area (Å²) in [7, 11) is 2.20. The van der Waals surface area contributed by atoms with Crippen molar-refractivity contribution in [3.8, 4) is 0 Å². The molecule has 1 unspecified atom stereocenters. The molecule has 0 saturated carbocycles. The molecule has 0 radical (unpaired) electrons. The third-order valence-corrected chi connectivity index (χ3v) is 4.04. The van der Waals surface area contributed by atoms with Gasteiger partial charge in [0, 0.05) is 42.7 Å². The van der Waals surface area contributed by atoms with Crippen molar-refractivity contribution in [3.63, 3.8) is 0 Å². The fourth-order valence-electron chi connectivity index (χ4n) is 2.94. The van der Waals surface area contributed by atoms with Crippen molar-refractivity contribution in [3.05, 3.63) is 35.0 Å². The number of benzene rings is 1. The van der Waals surface area contributed by atoms with E-state index in [2.05, 4.69) is 49.0 Å². The summed E-state index contributed by atoms with van der Waals surface area (Å²) >= 11 is 0. The largest absolute Gasteiger partial charge is 0.347 e. The molecule has 2 aromatic rings. The second-order valence-corrected chi connectivity index (χ2v) is 5.18. The van der Waals surface area contributed by atoms with E-state index in [4.69, 9.17) is 0 Å². The zero-order valence-electron chi connectivity index (χ0n) is 10.9. The molecular weight excluding hydrogens is 208 g/mol. The fraction of sp³-hybridized carbons (Fsp3) is 0.467. The van der Waals surface area contributed by atoms with Crippen molar-refractivity contribution < 1.29 is 0 Å². The minimum Gasteiger partial charge on any atom is -0.347 e. The predicted octanol–water partition coefficient (Wildman–Crippen LogP) is 2.77. The van der Waals surface area contributed by atoms with Crippen molar-refractivity contribution >= 4 is 10.9 Å². The molecule has 0 fully saturated rings. The quantitative estimate of drug-likeness (QED) is 0.794. The topological polar surface area (TPSA) is 17.0 Å². The van der Waals surface area contributed by atoms with Gasteiger partial charge in [-0.25, -0.2) is 0 Å². The molecule has 1 aliphatic heterocycles. The van der Waals surface area contributed by atoms with Gasteiger partial charge in [0.15, 0.2) is 0 Å². The van der Waals surface area contributed by atoms with Gasteiger partial charge in [-0.3, -0.25) is 0 Å². The summed E-state index contributed by atoms with van der Waals surface area (Å²) in [5.41, 5.74) is 5.84. The first-order valence-electron chi connectivity index (χ1n) is 6.53. The Labute approximate surface area is 103 Å². The maximum Gasteiger partial charge on any atom is 0.0483 e. The summed E-state index contributed by atoms with van der Waals surface area (Å²) < 4.78 is 2.38. The van der Waals surface area contributed by atoms with Crippen LogP contribution < -0.4 is 5.32 Å². The van der Waals surface area contributed by atoms with Crippen LogP contribution in [0.3, 0.4) is 0 Å². The monoisotopic (exact) mass is 228 g/mol. The summed E-state index contributed by atoms with van der Waals surface area (Å²) in [6.07, 6.45) is 2.26. The average Bonchev–Trinajstić information content (AvgIpc) is 2.62. The van der Waals surface area contributed by atoms with Crippen LogP contribution in [0, 0.1) is 0 Å². The molecule has 2 heteroatoms. The number of nitrogens with zero attached hydrogens (tertiary/aromatic N) is 1. The molecule has 0 amide bonds. The maximum atomic E-state index is 3.57. The number of hydrogen-bond donors (Lipinski definition) is 1. The van der Waals surface area contributed by atoms with Crippen LogP contribution in [0.15, 0.2) is 18.2 Å². The lowest BCUT2D eigenvalue weighted by molar-refractivity contribution is 0.501. The standard InChI is InChI=1S/C15H20N2/c1-4-11-5-6-14-12(8-11)13-9-16-10(2)7-15(13)17(14)3/h5-6,8,10,16H,4,7,9H2,1-3H3. The van der Waals surface area contributed by atoms with Gasteiger partial charge in [-0.15, -0.1) is 0 Å². The van der Waals surface area contributed by atoms with Crippen molar-refractivity contribution in [2.45, 2.75) is 39.3 Å². The van der Waals surface area contributed by atoms with E-state index in [1.165, 1.54) is 27.7 Å². The number of rotatable bonds is 1. The van der Waals surface area contributed by atoms with Crippen LogP contribution in [0.4, 0.5) is 0 Å².